The van der Waals surface area contributed by atoms with Gasteiger partial charge in [0.25, 0.3) is 5.92 Å². The van der Waals surface area contributed by atoms with E-state index in [1.165, 1.54) is 0 Å². The van der Waals surface area contributed by atoms with Gasteiger partial charge in [-0.3, -0.25) is 0 Å². The first-order valence-corrected chi connectivity index (χ1v) is 6.29. The number of nitrogens with zero attached hydrogens (tertiary/aromatic N) is 2. The normalized spacial score (nSPS) is 18.2. The average Bonchev–Trinajstić information content (AvgIpc) is 2.39. The lowest BCUT2D eigenvalue weighted by Gasteiger charge is -2.32. The number of anilines is 1. The minimum atomic E-state index is -2.59. The Hall–Kier alpha value is -1.72. The SMILES string of the molecule is CCOC(=O)c1cccc(N2CCC(F)(F)CC2)n1. The van der Waals surface area contributed by atoms with Crippen LogP contribution >= 0.6 is 0 Å². The molecule has 0 spiro atoms. The summed E-state index contributed by atoms with van der Waals surface area (Å²) >= 11 is 0. The predicted molar refractivity (Wildman–Crippen MR) is 66.6 cm³/mol. The van der Waals surface area contributed by atoms with Crippen molar-refractivity contribution in [1.82, 2.24) is 4.98 Å². The largest absolute Gasteiger partial charge is 0.461 e. The zero-order chi connectivity index (χ0) is 13.9. The maximum Gasteiger partial charge on any atom is 0.356 e. The van der Waals surface area contributed by atoms with E-state index in [-0.39, 0.29) is 38.2 Å². The van der Waals surface area contributed by atoms with E-state index < -0.39 is 11.9 Å². The molecule has 0 N–H and O–H groups in total. The van der Waals surface area contributed by atoms with Crippen LogP contribution in [0.25, 0.3) is 0 Å². The molecule has 0 radical (unpaired) electrons. The molecule has 0 bridgehead atoms. The Balaban J connectivity index is 2.09. The van der Waals surface area contributed by atoms with E-state index in [1.54, 1.807) is 30.0 Å². The second kappa shape index (κ2) is 5.50. The fourth-order valence-corrected chi connectivity index (χ4v) is 1.98. The third-order valence-corrected chi connectivity index (χ3v) is 3.04. The highest BCUT2D eigenvalue weighted by Gasteiger charge is 2.34. The first kappa shape index (κ1) is 13.7. The summed E-state index contributed by atoms with van der Waals surface area (Å²) in [6, 6.07) is 4.95. The molecular formula is C13H16F2N2O2. The molecule has 4 nitrogen and oxygen atoms in total. The molecule has 1 aromatic heterocycles. The zero-order valence-electron chi connectivity index (χ0n) is 10.7. The molecule has 2 heterocycles. The molecule has 19 heavy (non-hydrogen) atoms. The maximum absolute atomic E-state index is 13.1. The summed E-state index contributed by atoms with van der Waals surface area (Å²) in [4.78, 5) is 17.5. The maximum atomic E-state index is 13.1. The van der Waals surface area contributed by atoms with E-state index >= 15 is 0 Å². The van der Waals surface area contributed by atoms with Crippen LogP contribution in [0.4, 0.5) is 14.6 Å². The highest BCUT2D eigenvalue weighted by Crippen LogP contribution is 2.29. The van der Waals surface area contributed by atoms with Gasteiger partial charge < -0.3 is 9.64 Å². The molecule has 0 amide bonds. The first-order valence-electron chi connectivity index (χ1n) is 6.29. The van der Waals surface area contributed by atoms with Gasteiger partial charge in [0.2, 0.25) is 0 Å². The van der Waals surface area contributed by atoms with Crippen molar-refractivity contribution in [1.29, 1.82) is 0 Å². The molecule has 0 aliphatic carbocycles. The van der Waals surface area contributed by atoms with E-state index in [2.05, 4.69) is 4.98 Å². The number of rotatable bonds is 3. The van der Waals surface area contributed by atoms with Crippen molar-refractivity contribution in [2.45, 2.75) is 25.7 Å². The molecule has 0 saturated carbocycles. The number of hydrogen-bond donors (Lipinski definition) is 0. The Morgan fingerprint density at radius 3 is 2.74 bits per heavy atom. The Kier molecular flexibility index (Phi) is 3.97. The van der Waals surface area contributed by atoms with Gasteiger partial charge in [-0.2, -0.15) is 0 Å². The lowest BCUT2D eigenvalue weighted by molar-refractivity contribution is -0.0221. The van der Waals surface area contributed by atoms with Crippen LogP contribution in [0, 0.1) is 0 Å². The Bertz CT molecular complexity index is 456. The summed E-state index contributed by atoms with van der Waals surface area (Å²) in [5.74, 6) is -2.54. The fourth-order valence-electron chi connectivity index (χ4n) is 1.98. The Morgan fingerprint density at radius 2 is 2.11 bits per heavy atom. The van der Waals surface area contributed by atoms with Crippen LogP contribution in [-0.4, -0.2) is 36.6 Å². The van der Waals surface area contributed by atoms with Crippen molar-refractivity contribution < 1.29 is 18.3 Å². The van der Waals surface area contributed by atoms with E-state index in [9.17, 15) is 13.6 Å². The monoisotopic (exact) mass is 270 g/mol. The standard InChI is InChI=1S/C13H16F2N2O2/c1-2-19-12(18)10-4-3-5-11(16-10)17-8-6-13(14,15)7-9-17/h3-5H,2,6-9H2,1H3. The first-order chi connectivity index (χ1) is 9.02. The summed E-state index contributed by atoms with van der Waals surface area (Å²) < 4.78 is 31.0. The number of aromatic nitrogens is 1. The van der Waals surface area contributed by atoms with Crippen LogP contribution in [-0.2, 0) is 4.74 Å². The molecule has 1 saturated heterocycles. The number of hydrogen-bond acceptors (Lipinski definition) is 4. The van der Waals surface area contributed by atoms with Gasteiger partial charge in [0, 0.05) is 25.9 Å². The smallest absolute Gasteiger partial charge is 0.356 e. The summed E-state index contributed by atoms with van der Waals surface area (Å²) in [6.45, 7) is 2.48. The minimum absolute atomic E-state index is 0.182. The van der Waals surface area contributed by atoms with Crippen LogP contribution in [0.1, 0.15) is 30.3 Å². The number of pyridine rings is 1. The number of halogens is 2. The molecule has 6 heteroatoms. The van der Waals surface area contributed by atoms with Crippen molar-refractivity contribution in [3.05, 3.63) is 23.9 Å². The van der Waals surface area contributed by atoms with Gasteiger partial charge >= 0.3 is 5.97 Å². The van der Waals surface area contributed by atoms with E-state index in [4.69, 9.17) is 4.74 Å². The van der Waals surface area contributed by atoms with Crippen LogP contribution < -0.4 is 4.90 Å². The molecule has 0 unspecified atom stereocenters. The summed E-state index contributed by atoms with van der Waals surface area (Å²) in [5, 5.41) is 0. The lowest BCUT2D eigenvalue weighted by Crippen LogP contribution is -2.39. The van der Waals surface area contributed by atoms with E-state index in [0.717, 1.165) is 0 Å². The second-order valence-corrected chi connectivity index (χ2v) is 4.44. The van der Waals surface area contributed by atoms with Gasteiger partial charge in [-0.15, -0.1) is 0 Å². The molecule has 2 rings (SSSR count). The number of alkyl halides is 2. The van der Waals surface area contributed by atoms with Crippen molar-refractivity contribution in [2.75, 3.05) is 24.6 Å². The third-order valence-electron chi connectivity index (χ3n) is 3.04. The van der Waals surface area contributed by atoms with Crippen LogP contribution in [0.5, 0.6) is 0 Å². The van der Waals surface area contributed by atoms with Crippen molar-refractivity contribution >= 4 is 11.8 Å². The van der Waals surface area contributed by atoms with Gasteiger partial charge in [0.05, 0.1) is 6.61 Å². The molecule has 104 valence electrons. The molecule has 1 aliphatic heterocycles. The molecule has 0 aromatic carbocycles. The van der Waals surface area contributed by atoms with E-state index in [0.29, 0.717) is 5.82 Å². The highest BCUT2D eigenvalue weighted by atomic mass is 19.3. The van der Waals surface area contributed by atoms with Crippen LogP contribution in [0.15, 0.2) is 18.2 Å². The number of piperidine rings is 1. The predicted octanol–water partition coefficient (Wildman–Crippen LogP) is 2.49. The zero-order valence-corrected chi connectivity index (χ0v) is 10.7. The summed E-state index contributed by atoms with van der Waals surface area (Å²) in [6.07, 6.45) is -0.364. The number of ether oxygens (including phenoxy) is 1. The quantitative estimate of drug-likeness (QED) is 0.791. The molecular weight excluding hydrogens is 254 g/mol. The highest BCUT2D eigenvalue weighted by molar-refractivity contribution is 5.87. The second-order valence-electron chi connectivity index (χ2n) is 4.44. The molecule has 0 atom stereocenters. The third kappa shape index (κ3) is 3.39. The number of carbonyl (C=O) groups is 1. The van der Waals surface area contributed by atoms with Crippen LogP contribution in [0.2, 0.25) is 0 Å². The van der Waals surface area contributed by atoms with E-state index in [1.807, 2.05) is 0 Å². The van der Waals surface area contributed by atoms with Crippen molar-refractivity contribution in [2.24, 2.45) is 0 Å². The summed E-state index contributed by atoms with van der Waals surface area (Å²) in [7, 11) is 0. The Labute approximate surface area is 110 Å². The van der Waals surface area contributed by atoms with Gasteiger partial charge in [-0.1, -0.05) is 6.07 Å². The minimum Gasteiger partial charge on any atom is -0.461 e. The fraction of sp³-hybridized carbons (Fsp3) is 0.538. The number of carbonyl (C=O) groups excluding carboxylic acids is 1. The molecule has 1 aliphatic rings. The Morgan fingerprint density at radius 1 is 1.42 bits per heavy atom. The van der Waals surface area contributed by atoms with Gasteiger partial charge in [-0.05, 0) is 19.1 Å². The topological polar surface area (TPSA) is 42.4 Å². The number of esters is 1. The van der Waals surface area contributed by atoms with Gasteiger partial charge in [0.15, 0.2) is 5.69 Å². The van der Waals surface area contributed by atoms with Crippen molar-refractivity contribution in [3.63, 3.8) is 0 Å². The summed E-state index contributed by atoms with van der Waals surface area (Å²) in [5.41, 5.74) is 0.205. The van der Waals surface area contributed by atoms with Crippen molar-refractivity contribution in [3.8, 4) is 0 Å². The van der Waals surface area contributed by atoms with Crippen LogP contribution in [0.3, 0.4) is 0 Å². The average molecular weight is 270 g/mol. The molecule has 1 fully saturated rings. The van der Waals surface area contributed by atoms with Gasteiger partial charge in [-0.25, -0.2) is 18.6 Å². The lowest BCUT2D eigenvalue weighted by atomic mass is 10.1. The molecule has 1 aromatic rings. The van der Waals surface area contributed by atoms with Gasteiger partial charge in [0.1, 0.15) is 5.82 Å².